The number of benzene rings is 2. The molecule has 4 fully saturated rings. The summed E-state index contributed by atoms with van der Waals surface area (Å²) in [5, 5.41) is 22.3. The lowest BCUT2D eigenvalue weighted by Crippen LogP contribution is -2.55. The van der Waals surface area contributed by atoms with Crippen molar-refractivity contribution >= 4 is 0 Å². The van der Waals surface area contributed by atoms with E-state index >= 15 is 0 Å². The fourth-order valence-corrected chi connectivity index (χ4v) is 6.11. The molecule has 6 rings (SSSR count). The minimum absolute atomic E-state index is 0.289. The Balaban J connectivity index is 1.67. The molecule has 0 unspecified atom stereocenters. The zero-order valence-corrected chi connectivity index (χ0v) is 13.9. The molecule has 0 saturated heterocycles. The van der Waals surface area contributed by atoms with Crippen molar-refractivity contribution in [3.8, 4) is 16.9 Å². The fraction of sp³-hybridized carbons (Fsp3) is 0.455. The van der Waals surface area contributed by atoms with Crippen LogP contribution in [0.15, 0.2) is 48.5 Å². The normalized spacial score (nSPS) is 36.9. The molecule has 24 heavy (non-hydrogen) atoms. The van der Waals surface area contributed by atoms with Crippen LogP contribution < -0.4 is 0 Å². The molecule has 0 heterocycles. The number of hydrogen-bond acceptors (Lipinski definition) is 2. The molecule has 4 bridgehead atoms. The van der Waals surface area contributed by atoms with Crippen LogP contribution >= 0.6 is 0 Å². The molecule has 0 spiro atoms. The maximum Gasteiger partial charge on any atom is 0.123 e. The van der Waals surface area contributed by atoms with Gasteiger partial charge in [0.1, 0.15) is 5.75 Å². The fourth-order valence-electron chi connectivity index (χ4n) is 6.11. The lowest BCUT2D eigenvalue weighted by Gasteiger charge is -2.59. The largest absolute Gasteiger partial charge is 0.507 e. The molecule has 0 atom stereocenters. The molecule has 0 aromatic heterocycles. The van der Waals surface area contributed by atoms with E-state index in [0.717, 1.165) is 28.5 Å². The molecule has 0 amide bonds. The molecule has 4 saturated carbocycles. The summed E-state index contributed by atoms with van der Waals surface area (Å²) in [5.41, 5.74) is 2.12. The van der Waals surface area contributed by atoms with E-state index in [-0.39, 0.29) is 5.75 Å². The summed E-state index contributed by atoms with van der Waals surface area (Å²) in [7, 11) is 0. The van der Waals surface area contributed by atoms with Gasteiger partial charge in [0.05, 0.1) is 5.60 Å². The highest BCUT2D eigenvalue weighted by molar-refractivity contribution is 5.74. The van der Waals surface area contributed by atoms with Crippen molar-refractivity contribution < 1.29 is 10.2 Å². The zero-order chi connectivity index (χ0) is 16.3. The molecule has 4 aliphatic rings. The van der Waals surface area contributed by atoms with Gasteiger partial charge in [0.2, 0.25) is 0 Å². The van der Waals surface area contributed by atoms with Gasteiger partial charge in [0.15, 0.2) is 0 Å². The van der Waals surface area contributed by atoms with Crippen LogP contribution in [0.25, 0.3) is 11.1 Å². The number of hydrogen-bond donors (Lipinski definition) is 2. The van der Waals surface area contributed by atoms with E-state index in [0.29, 0.717) is 11.8 Å². The van der Waals surface area contributed by atoms with Crippen LogP contribution in [0.1, 0.15) is 37.7 Å². The van der Waals surface area contributed by atoms with Gasteiger partial charge in [-0.3, -0.25) is 0 Å². The van der Waals surface area contributed by atoms with E-state index in [1.54, 1.807) is 6.07 Å². The summed E-state index contributed by atoms with van der Waals surface area (Å²) in [5.74, 6) is 2.69. The highest BCUT2D eigenvalue weighted by Gasteiger charge is 2.57. The Kier molecular flexibility index (Phi) is 3.09. The summed E-state index contributed by atoms with van der Waals surface area (Å²) >= 11 is 0. The van der Waals surface area contributed by atoms with E-state index in [1.165, 1.54) is 32.1 Å². The Bertz CT molecular complexity index is 751. The summed E-state index contributed by atoms with van der Waals surface area (Å²) in [6.07, 6.45) is 6.04. The van der Waals surface area contributed by atoms with Crippen LogP contribution in [0.5, 0.6) is 5.75 Å². The molecule has 2 heteroatoms. The number of phenols is 1. The van der Waals surface area contributed by atoms with Crippen molar-refractivity contribution in [1.29, 1.82) is 0 Å². The van der Waals surface area contributed by atoms with Crippen LogP contribution in [-0.2, 0) is 5.60 Å². The highest BCUT2D eigenvalue weighted by Crippen LogP contribution is 2.62. The SMILES string of the molecule is Oc1ccccc1-c1ccccc1C1(O)C2CC3CC(C2)CC1C3. The van der Waals surface area contributed by atoms with Gasteiger partial charge in [0, 0.05) is 5.56 Å². The van der Waals surface area contributed by atoms with Crippen molar-refractivity contribution in [1.82, 2.24) is 0 Å². The minimum Gasteiger partial charge on any atom is -0.507 e. The molecule has 4 aliphatic carbocycles. The van der Waals surface area contributed by atoms with E-state index in [2.05, 4.69) is 6.07 Å². The van der Waals surface area contributed by atoms with Crippen LogP contribution in [0.3, 0.4) is 0 Å². The van der Waals surface area contributed by atoms with Crippen LogP contribution in [0, 0.1) is 23.7 Å². The van der Waals surface area contributed by atoms with Gasteiger partial charge < -0.3 is 10.2 Å². The maximum atomic E-state index is 11.9. The third-order valence-electron chi connectivity index (χ3n) is 6.94. The Labute approximate surface area is 143 Å². The topological polar surface area (TPSA) is 40.5 Å². The van der Waals surface area contributed by atoms with Crippen LogP contribution in [0.2, 0.25) is 0 Å². The molecule has 2 aromatic carbocycles. The van der Waals surface area contributed by atoms with Gasteiger partial charge in [0.25, 0.3) is 0 Å². The quantitative estimate of drug-likeness (QED) is 0.842. The molecule has 0 aliphatic heterocycles. The Morgan fingerprint density at radius 2 is 1.25 bits per heavy atom. The zero-order valence-electron chi connectivity index (χ0n) is 13.9. The van der Waals surface area contributed by atoms with Crippen molar-refractivity contribution in [2.75, 3.05) is 0 Å². The third-order valence-corrected chi connectivity index (χ3v) is 6.94. The number of aromatic hydroxyl groups is 1. The first-order valence-corrected chi connectivity index (χ1v) is 9.26. The van der Waals surface area contributed by atoms with Gasteiger partial charge in [-0.25, -0.2) is 0 Å². The monoisotopic (exact) mass is 320 g/mol. The Morgan fingerprint density at radius 1 is 0.708 bits per heavy atom. The number of aliphatic hydroxyl groups is 1. The number of para-hydroxylation sites is 1. The second kappa shape index (κ2) is 5.10. The highest BCUT2D eigenvalue weighted by atomic mass is 16.3. The Hall–Kier alpha value is -1.80. The van der Waals surface area contributed by atoms with E-state index in [1.807, 2.05) is 36.4 Å². The molecular formula is C22H24O2. The minimum atomic E-state index is -0.730. The van der Waals surface area contributed by atoms with Gasteiger partial charge in [-0.1, -0.05) is 42.5 Å². The number of phenolic OH excluding ortho intramolecular Hbond substituents is 1. The van der Waals surface area contributed by atoms with E-state index in [4.69, 9.17) is 0 Å². The third kappa shape index (κ3) is 1.92. The predicted octanol–water partition coefficient (Wildman–Crippen LogP) is 4.70. The smallest absolute Gasteiger partial charge is 0.123 e. The second-order valence-electron chi connectivity index (χ2n) is 8.19. The number of rotatable bonds is 2. The molecule has 2 N–H and O–H groups in total. The first-order valence-electron chi connectivity index (χ1n) is 9.26. The summed E-state index contributed by atoms with van der Waals surface area (Å²) in [4.78, 5) is 0. The summed E-state index contributed by atoms with van der Waals surface area (Å²) in [6.45, 7) is 0. The van der Waals surface area contributed by atoms with E-state index < -0.39 is 5.60 Å². The predicted molar refractivity (Wildman–Crippen MR) is 94.5 cm³/mol. The molecule has 0 radical (unpaired) electrons. The van der Waals surface area contributed by atoms with Crippen molar-refractivity contribution in [2.24, 2.45) is 23.7 Å². The van der Waals surface area contributed by atoms with Crippen LogP contribution in [0.4, 0.5) is 0 Å². The van der Waals surface area contributed by atoms with Crippen molar-refractivity contribution in [3.63, 3.8) is 0 Å². The molecule has 2 aromatic rings. The molecule has 124 valence electrons. The molecule has 2 nitrogen and oxygen atoms in total. The summed E-state index contributed by atoms with van der Waals surface area (Å²) in [6, 6.07) is 15.6. The van der Waals surface area contributed by atoms with Gasteiger partial charge in [-0.2, -0.15) is 0 Å². The molecular weight excluding hydrogens is 296 g/mol. The van der Waals surface area contributed by atoms with Gasteiger partial charge in [-0.05, 0) is 73.0 Å². The first kappa shape index (κ1) is 14.5. The maximum absolute atomic E-state index is 11.9. The average molecular weight is 320 g/mol. The lowest BCUT2D eigenvalue weighted by atomic mass is 9.48. The average Bonchev–Trinajstić information content (AvgIpc) is 2.59. The first-order chi connectivity index (χ1) is 11.7. The lowest BCUT2D eigenvalue weighted by molar-refractivity contribution is -0.179. The van der Waals surface area contributed by atoms with Gasteiger partial charge >= 0.3 is 0 Å². The second-order valence-corrected chi connectivity index (χ2v) is 8.19. The van der Waals surface area contributed by atoms with Gasteiger partial charge in [-0.15, -0.1) is 0 Å². The summed E-state index contributed by atoms with van der Waals surface area (Å²) < 4.78 is 0. The van der Waals surface area contributed by atoms with Crippen LogP contribution in [-0.4, -0.2) is 10.2 Å². The standard InChI is InChI=1S/C22H24O2/c23-21-8-4-2-6-19(21)18-5-1-3-7-20(18)22(24)16-10-14-9-15(12-16)13-17(22)11-14/h1-8,14-17,23-24H,9-13H2. The Morgan fingerprint density at radius 3 is 1.88 bits per heavy atom. The van der Waals surface area contributed by atoms with Crippen molar-refractivity contribution in [3.05, 3.63) is 54.1 Å². The van der Waals surface area contributed by atoms with E-state index in [9.17, 15) is 10.2 Å². The van der Waals surface area contributed by atoms with Crippen molar-refractivity contribution in [2.45, 2.75) is 37.7 Å².